The summed E-state index contributed by atoms with van der Waals surface area (Å²) in [6.07, 6.45) is 0. The smallest absolute Gasteiger partial charge is 0.0704 e. The largest absolute Gasteiger partial charge is 0.336 e. The number of hydrogen-bond acceptors (Lipinski definition) is 0. The van der Waals surface area contributed by atoms with Gasteiger partial charge in [0, 0.05) is 44.8 Å². The SMILES string of the molecule is c1ccc(C(c2ccccc2)(c2ccccc2)c2ccccc2Cn2c3ccccc3c3cc(-n4c5ccccc5c5ccccc54)ccc32)cc1. The van der Waals surface area contributed by atoms with Crippen LogP contribution in [0.4, 0.5) is 0 Å². The highest BCUT2D eigenvalue weighted by atomic mass is 15.0. The van der Waals surface area contributed by atoms with Crippen molar-refractivity contribution in [2.75, 3.05) is 0 Å². The molecular weight excluding hydrogens is 629 g/mol. The van der Waals surface area contributed by atoms with Crippen LogP contribution >= 0.6 is 0 Å². The first-order valence-electron chi connectivity index (χ1n) is 18.1. The second kappa shape index (κ2) is 12.3. The molecule has 0 unspecified atom stereocenters. The van der Waals surface area contributed by atoms with E-state index >= 15 is 0 Å². The van der Waals surface area contributed by atoms with Crippen molar-refractivity contribution in [2.45, 2.75) is 12.0 Å². The minimum absolute atomic E-state index is 0.525. The summed E-state index contributed by atoms with van der Waals surface area (Å²) >= 11 is 0. The third-order valence-electron chi connectivity index (χ3n) is 11.0. The topological polar surface area (TPSA) is 9.86 Å². The predicted molar refractivity (Wildman–Crippen MR) is 218 cm³/mol. The highest BCUT2D eigenvalue weighted by Crippen LogP contribution is 2.47. The summed E-state index contributed by atoms with van der Waals surface area (Å²) in [6, 6.07) is 75.5. The standard InChI is InChI=1S/C50H36N2/c1-4-19-37(20-5-1)50(38-21-6-2-7-22-38,39-23-8-3-9-24-39)45-28-14-10-18-36(45)35-51-46-29-15-11-27-43(46)44-34-40(32-33-47(44)51)52-48-30-16-12-25-41(48)42-26-13-17-31-49(42)52/h1-34H,35H2. The molecule has 10 rings (SSSR count). The average molecular weight is 665 g/mol. The Hall–Kier alpha value is -6.64. The van der Waals surface area contributed by atoms with E-state index in [9.17, 15) is 0 Å². The molecule has 0 atom stereocenters. The van der Waals surface area contributed by atoms with Crippen LogP contribution in [-0.4, -0.2) is 9.13 Å². The van der Waals surface area contributed by atoms with E-state index in [0.29, 0.717) is 0 Å². The van der Waals surface area contributed by atoms with E-state index in [4.69, 9.17) is 0 Å². The zero-order chi connectivity index (χ0) is 34.5. The average Bonchev–Trinajstić information content (AvgIpc) is 3.72. The molecule has 0 fully saturated rings. The number of hydrogen-bond donors (Lipinski definition) is 0. The normalized spacial score (nSPS) is 11.9. The molecule has 0 bridgehead atoms. The lowest BCUT2D eigenvalue weighted by atomic mass is 9.64. The lowest BCUT2D eigenvalue weighted by Gasteiger charge is -2.38. The molecule has 2 aromatic heterocycles. The number of fused-ring (bicyclic) bond motifs is 6. The summed E-state index contributed by atoms with van der Waals surface area (Å²) in [5, 5.41) is 5.07. The molecule has 0 saturated carbocycles. The highest BCUT2D eigenvalue weighted by Gasteiger charge is 2.39. The summed E-state index contributed by atoms with van der Waals surface area (Å²) in [6.45, 7) is 0.725. The third-order valence-corrected chi connectivity index (χ3v) is 11.0. The maximum absolute atomic E-state index is 2.52. The molecule has 0 amide bonds. The van der Waals surface area contributed by atoms with Crippen molar-refractivity contribution in [1.82, 2.24) is 9.13 Å². The Balaban J connectivity index is 1.20. The minimum Gasteiger partial charge on any atom is -0.336 e. The van der Waals surface area contributed by atoms with Crippen LogP contribution in [0.25, 0.3) is 49.3 Å². The van der Waals surface area contributed by atoms with Gasteiger partial charge in [0.1, 0.15) is 0 Å². The van der Waals surface area contributed by atoms with E-state index < -0.39 is 5.41 Å². The first kappa shape index (κ1) is 30.2. The number of para-hydroxylation sites is 3. The fourth-order valence-electron chi connectivity index (χ4n) is 8.78. The van der Waals surface area contributed by atoms with Gasteiger partial charge < -0.3 is 9.13 Å². The Morgan fingerprint density at radius 2 is 0.769 bits per heavy atom. The van der Waals surface area contributed by atoms with Crippen molar-refractivity contribution in [1.29, 1.82) is 0 Å². The number of nitrogens with zero attached hydrogens (tertiary/aromatic N) is 2. The van der Waals surface area contributed by atoms with E-state index in [2.05, 4.69) is 215 Å². The fourth-order valence-corrected chi connectivity index (χ4v) is 8.78. The molecule has 0 N–H and O–H groups in total. The molecule has 2 nitrogen and oxygen atoms in total. The van der Waals surface area contributed by atoms with Crippen LogP contribution in [0, 0.1) is 0 Å². The summed E-state index contributed by atoms with van der Waals surface area (Å²) in [4.78, 5) is 0. The minimum atomic E-state index is -0.525. The molecule has 0 spiro atoms. The van der Waals surface area contributed by atoms with E-state index in [0.717, 1.165) is 6.54 Å². The van der Waals surface area contributed by atoms with E-state index in [-0.39, 0.29) is 0 Å². The van der Waals surface area contributed by atoms with Gasteiger partial charge in [-0.25, -0.2) is 0 Å². The van der Waals surface area contributed by atoms with Gasteiger partial charge in [-0.15, -0.1) is 0 Å². The first-order valence-corrected chi connectivity index (χ1v) is 18.1. The molecule has 0 aliphatic heterocycles. The second-order valence-corrected chi connectivity index (χ2v) is 13.7. The molecule has 52 heavy (non-hydrogen) atoms. The number of benzene rings is 8. The van der Waals surface area contributed by atoms with Crippen molar-refractivity contribution in [3.8, 4) is 5.69 Å². The van der Waals surface area contributed by atoms with Crippen molar-refractivity contribution in [3.63, 3.8) is 0 Å². The van der Waals surface area contributed by atoms with Gasteiger partial charge in [-0.05, 0) is 64.2 Å². The zero-order valence-corrected chi connectivity index (χ0v) is 28.7. The van der Waals surface area contributed by atoms with E-state index in [1.54, 1.807) is 0 Å². The molecule has 0 aliphatic carbocycles. The monoisotopic (exact) mass is 664 g/mol. The summed E-state index contributed by atoms with van der Waals surface area (Å²) in [5.41, 5.74) is 11.9. The summed E-state index contributed by atoms with van der Waals surface area (Å²) in [7, 11) is 0. The van der Waals surface area contributed by atoms with Crippen LogP contribution in [0.15, 0.2) is 206 Å². The lowest BCUT2D eigenvalue weighted by Crippen LogP contribution is -2.32. The van der Waals surface area contributed by atoms with Gasteiger partial charge in [-0.3, -0.25) is 0 Å². The Bertz CT molecular complexity index is 2710. The summed E-state index contributed by atoms with van der Waals surface area (Å²) < 4.78 is 4.93. The molecule has 8 aromatic carbocycles. The van der Waals surface area contributed by atoms with Crippen molar-refractivity contribution >= 4 is 43.6 Å². The van der Waals surface area contributed by atoms with Gasteiger partial charge in [-0.2, -0.15) is 0 Å². The second-order valence-electron chi connectivity index (χ2n) is 13.7. The van der Waals surface area contributed by atoms with Crippen LogP contribution in [0.1, 0.15) is 27.8 Å². The zero-order valence-electron chi connectivity index (χ0n) is 28.7. The third kappa shape index (κ3) is 4.58. The molecule has 0 aliphatic rings. The van der Waals surface area contributed by atoms with Crippen molar-refractivity contribution < 1.29 is 0 Å². The number of aromatic nitrogens is 2. The van der Waals surface area contributed by atoms with Crippen molar-refractivity contribution in [2.24, 2.45) is 0 Å². The lowest BCUT2D eigenvalue weighted by molar-refractivity contribution is 0.719. The van der Waals surface area contributed by atoms with Gasteiger partial charge in [0.2, 0.25) is 0 Å². The molecule has 246 valence electrons. The van der Waals surface area contributed by atoms with E-state index in [1.807, 2.05) is 0 Å². The maximum Gasteiger partial charge on any atom is 0.0704 e. The molecule has 0 saturated heterocycles. The van der Waals surface area contributed by atoms with Crippen LogP contribution in [0.2, 0.25) is 0 Å². The highest BCUT2D eigenvalue weighted by molar-refractivity contribution is 6.11. The summed E-state index contributed by atoms with van der Waals surface area (Å²) in [5.74, 6) is 0. The first-order chi connectivity index (χ1) is 25.8. The van der Waals surface area contributed by atoms with Gasteiger partial charge in [-0.1, -0.05) is 170 Å². The van der Waals surface area contributed by atoms with E-state index in [1.165, 1.54) is 77.1 Å². The van der Waals surface area contributed by atoms with Crippen LogP contribution in [-0.2, 0) is 12.0 Å². The Labute approximate surface area is 303 Å². The fraction of sp³-hybridized carbons (Fsp3) is 0.0400. The Morgan fingerprint density at radius 3 is 1.33 bits per heavy atom. The quantitative estimate of drug-likeness (QED) is 0.150. The van der Waals surface area contributed by atoms with Crippen LogP contribution in [0.3, 0.4) is 0 Å². The van der Waals surface area contributed by atoms with Crippen LogP contribution < -0.4 is 0 Å². The van der Waals surface area contributed by atoms with Gasteiger partial charge in [0.25, 0.3) is 0 Å². The molecule has 2 heterocycles. The molecular formula is C50H36N2. The van der Waals surface area contributed by atoms with Crippen LogP contribution in [0.5, 0.6) is 0 Å². The number of rotatable bonds is 7. The Kier molecular flexibility index (Phi) is 7.14. The molecule has 2 heteroatoms. The Morgan fingerprint density at radius 1 is 0.346 bits per heavy atom. The predicted octanol–water partition coefficient (Wildman–Crippen LogP) is 12.3. The maximum atomic E-state index is 2.52. The molecule has 0 radical (unpaired) electrons. The van der Waals surface area contributed by atoms with Gasteiger partial charge >= 0.3 is 0 Å². The van der Waals surface area contributed by atoms with Crippen molar-refractivity contribution in [3.05, 3.63) is 234 Å². The molecule has 10 aromatic rings. The van der Waals surface area contributed by atoms with Gasteiger partial charge in [0.05, 0.1) is 16.4 Å². The van der Waals surface area contributed by atoms with Gasteiger partial charge in [0.15, 0.2) is 0 Å².